The average molecular weight is 373 g/mol. The topological polar surface area (TPSA) is 82.3 Å². The number of benzene rings is 2. The Morgan fingerprint density at radius 1 is 1.04 bits per heavy atom. The molecule has 1 aliphatic carbocycles. The van der Waals surface area contributed by atoms with Gasteiger partial charge in [0.05, 0.1) is 11.1 Å². The molecule has 1 aromatic heterocycles. The van der Waals surface area contributed by atoms with Gasteiger partial charge in [-0.3, -0.25) is 19.3 Å². The summed E-state index contributed by atoms with van der Waals surface area (Å²) in [4.78, 5) is 42.5. The van der Waals surface area contributed by atoms with E-state index >= 15 is 0 Å². The molecule has 2 atom stereocenters. The lowest BCUT2D eigenvalue weighted by atomic mass is 10.1. The minimum atomic E-state index is -0.858. The summed E-state index contributed by atoms with van der Waals surface area (Å²) in [5.41, 5.74) is 4.19. The van der Waals surface area contributed by atoms with E-state index in [-0.39, 0.29) is 11.9 Å². The Morgan fingerprint density at radius 2 is 1.68 bits per heavy atom. The molecule has 2 aromatic carbocycles. The van der Waals surface area contributed by atoms with Crippen molar-refractivity contribution in [3.8, 4) is 0 Å². The van der Waals surface area contributed by atoms with Crippen LogP contribution in [0, 0.1) is 0 Å². The van der Waals surface area contributed by atoms with Crippen LogP contribution >= 0.6 is 0 Å². The van der Waals surface area contributed by atoms with Crippen LogP contribution in [-0.2, 0) is 17.6 Å². The quantitative estimate of drug-likeness (QED) is 0.692. The van der Waals surface area contributed by atoms with E-state index in [1.54, 1.807) is 31.2 Å². The Kier molecular flexibility index (Phi) is 3.62. The molecule has 0 saturated carbocycles. The van der Waals surface area contributed by atoms with Crippen molar-refractivity contribution in [2.75, 3.05) is 0 Å². The number of carbonyl (C=O) groups excluding carboxylic acids is 3. The Hall–Kier alpha value is -3.41. The molecule has 3 amide bonds. The molecule has 2 aliphatic rings. The fourth-order valence-corrected chi connectivity index (χ4v) is 4.33. The smallest absolute Gasteiger partial charge is 0.262 e. The molecule has 0 bridgehead atoms. The molecular weight excluding hydrogens is 354 g/mol. The van der Waals surface area contributed by atoms with Crippen LogP contribution in [0.4, 0.5) is 0 Å². The number of imide groups is 1. The van der Waals surface area contributed by atoms with Crippen molar-refractivity contribution in [3.63, 3.8) is 0 Å². The lowest BCUT2D eigenvalue weighted by Gasteiger charge is -2.23. The number of nitrogens with zero attached hydrogens (tertiary/aromatic N) is 1. The largest absolute Gasteiger partial charge is 0.358 e. The zero-order valence-electron chi connectivity index (χ0n) is 15.4. The Labute approximate surface area is 161 Å². The second-order valence-corrected chi connectivity index (χ2v) is 7.44. The van der Waals surface area contributed by atoms with Crippen molar-refractivity contribution in [2.45, 2.75) is 31.8 Å². The maximum absolute atomic E-state index is 12.8. The summed E-state index contributed by atoms with van der Waals surface area (Å²) >= 11 is 0. The molecule has 2 heterocycles. The standard InChI is InChI=1S/C22H19N3O3/c1-12(25-21(27)15-7-2-3-8-16(15)22(25)28)20(26)23-13-10-17-14-6-4-5-9-18(14)24-19(17)11-13/h2-9,12-13,24H,10-11H2,1H3,(H,23,26). The third-order valence-corrected chi connectivity index (χ3v) is 5.74. The van der Waals surface area contributed by atoms with Gasteiger partial charge >= 0.3 is 0 Å². The molecule has 28 heavy (non-hydrogen) atoms. The first-order valence-electron chi connectivity index (χ1n) is 9.40. The van der Waals surface area contributed by atoms with E-state index in [4.69, 9.17) is 0 Å². The van der Waals surface area contributed by atoms with Gasteiger partial charge in [0, 0.05) is 29.1 Å². The number of fused-ring (bicyclic) bond motifs is 4. The number of amides is 3. The van der Waals surface area contributed by atoms with Crippen LogP contribution in [0.15, 0.2) is 48.5 Å². The van der Waals surface area contributed by atoms with Crippen LogP contribution in [0.5, 0.6) is 0 Å². The number of rotatable bonds is 3. The fourth-order valence-electron chi connectivity index (χ4n) is 4.33. The number of nitrogens with one attached hydrogen (secondary N) is 2. The van der Waals surface area contributed by atoms with E-state index in [0.29, 0.717) is 17.5 Å². The highest BCUT2D eigenvalue weighted by Gasteiger charge is 2.41. The van der Waals surface area contributed by atoms with Crippen molar-refractivity contribution in [1.82, 2.24) is 15.2 Å². The van der Waals surface area contributed by atoms with Gasteiger partial charge < -0.3 is 10.3 Å². The first-order chi connectivity index (χ1) is 13.5. The number of carbonyl (C=O) groups is 3. The number of hydrogen-bond acceptors (Lipinski definition) is 3. The predicted molar refractivity (Wildman–Crippen MR) is 104 cm³/mol. The van der Waals surface area contributed by atoms with Crippen molar-refractivity contribution in [2.24, 2.45) is 0 Å². The van der Waals surface area contributed by atoms with Gasteiger partial charge in [-0.15, -0.1) is 0 Å². The fraction of sp³-hybridized carbons (Fsp3) is 0.227. The number of aromatic nitrogens is 1. The lowest BCUT2D eigenvalue weighted by Crippen LogP contribution is -2.50. The van der Waals surface area contributed by atoms with E-state index in [1.807, 2.05) is 18.2 Å². The van der Waals surface area contributed by atoms with Crippen molar-refractivity contribution < 1.29 is 14.4 Å². The molecular formula is C22H19N3O3. The molecule has 3 aromatic rings. The first-order valence-corrected chi connectivity index (χ1v) is 9.40. The molecule has 0 radical (unpaired) electrons. The third-order valence-electron chi connectivity index (χ3n) is 5.74. The molecule has 0 spiro atoms. The van der Waals surface area contributed by atoms with Crippen LogP contribution in [0.2, 0.25) is 0 Å². The zero-order chi connectivity index (χ0) is 19.4. The first kappa shape index (κ1) is 16.7. The summed E-state index contributed by atoms with van der Waals surface area (Å²) < 4.78 is 0. The summed E-state index contributed by atoms with van der Waals surface area (Å²) in [6.07, 6.45) is 1.45. The number of para-hydroxylation sites is 1. The average Bonchev–Trinajstić information content (AvgIpc) is 3.32. The number of H-pyrrole nitrogens is 1. The van der Waals surface area contributed by atoms with Crippen LogP contribution in [0.1, 0.15) is 38.9 Å². The highest BCUT2D eigenvalue weighted by atomic mass is 16.2. The minimum Gasteiger partial charge on any atom is -0.358 e. The summed E-state index contributed by atoms with van der Waals surface area (Å²) in [7, 11) is 0. The maximum atomic E-state index is 12.8. The van der Waals surface area contributed by atoms with Crippen LogP contribution in [-0.4, -0.2) is 39.7 Å². The molecule has 6 nitrogen and oxygen atoms in total. The van der Waals surface area contributed by atoms with Gasteiger partial charge in [0.2, 0.25) is 5.91 Å². The van der Waals surface area contributed by atoms with Crippen LogP contribution < -0.4 is 5.32 Å². The molecule has 5 rings (SSSR count). The molecule has 2 unspecified atom stereocenters. The van der Waals surface area contributed by atoms with Crippen molar-refractivity contribution >= 4 is 28.6 Å². The predicted octanol–water partition coefficient (Wildman–Crippen LogP) is 2.44. The van der Waals surface area contributed by atoms with E-state index in [2.05, 4.69) is 16.4 Å². The molecule has 2 N–H and O–H groups in total. The zero-order valence-corrected chi connectivity index (χ0v) is 15.4. The molecule has 0 fully saturated rings. The van der Waals surface area contributed by atoms with Gasteiger partial charge in [-0.1, -0.05) is 30.3 Å². The van der Waals surface area contributed by atoms with Gasteiger partial charge in [0.15, 0.2) is 0 Å². The van der Waals surface area contributed by atoms with Crippen molar-refractivity contribution in [1.29, 1.82) is 0 Å². The second-order valence-electron chi connectivity index (χ2n) is 7.44. The molecule has 0 saturated heterocycles. The summed E-state index contributed by atoms with van der Waals surface area (Å²) in [5, 5.41) is 4.20. The van der Waals surface area contributed by atoms with Crippen molar-refractivity contribution in [3.05, 3.63) is 70.9 Å². The number of aromatic amines is 1. The van der Waals surface area contributed by atoms with Crippen LogP contribution in [0.25, 0.3) is 10.9 Å². The highest BCUT2D eigenvalue weighted by molar-refractivity contribution is 6.22. The monoisotopic (exact) mass is 373 g/mol. The lowest BCUT2D eigenvalue weighted by molar-refractivity contribution is -0.125. The summed E-state index contributed by atoms with van der Waals surface area (Å²) in [6, 6.07) is 13.9. The SMILES string of the molecule is CC(C(=O)NC1Cc2[nH]c3ccccc3c2C1)N1C(=O)c2ccccc2C1=O. The summed E-state index contributed by atoms with van der Waals surface area (Å²) in [6.45, 7) is 1.60. The molecule has 6 heteroatoms. The molecule has 140 valence electrons. The Morgan fingerprint density at radius 3 is 2.39 bits per heavy atom. The van der Waals surface area contributed by atoms with Gasteiger partial charge in [-0.05, 0) is 37.1 Å². The third kappa shape index (κ3) is 2.37. The van der Waals surface area contributed by atoms with Gasteiger partial charge in [0.1, 0.15) is 6.04 Å². The minimum absolute atomic E-state index is 0.0454. The van der Waals surface area contributed by atoms with Gasteiger partial charge in [-0.25, -0.2) is 0 Å². The normalized spacial score (nSPS) is 19.0. The number of hydrogen-bond donors (Lipinski definition) is 2. The second kappa shape index (κ2) is 6.05. The summed E-state index contributed by atoms with van der Waals surface area (Å²) in [5.74, 6) is -1.13. The van der Waals surface area contributed by atoms with Gasteiger partial charge in [-0.2, -0.15) is 0 Å². The van der Waals surface area contributed by atoms with Gasteiger partial charge in [0.25, 0.3) is 11.8 Å². The van der Waals surface area contributed by atoms with Crippen LogP contribution in [0.3, 0.4) is 0 Å². The molecule has 1 aliphatic heterocycles. The van der Waals surface area contributed by atoms with E-state index < -0.39 is 17.9 Å². The Balaban J connectivity index is 1.31. The maximum Gasteiger partial charge on any atom is 0.262 e. The highest BCUT2D eigenvalue weighted by Crippen LogP contribution is 2.30. The Bertz CT molecular complexity index is 1110. The van der Waals surface area contributed by atoms with E-state index in [1.165, 1.54) is 10.9 Å². The van der Waals surface area contributed by atoms with E-state index in [9.17, 15) is 14.4 Å². The van der Waals surface area contributed by atoms with E-state index in [0.717, 1.165) is 22.5 Å².